The molecule has 1 aliphatic carbocycles. The second kappa shape index (κ2) is 4.24. The third-order valence-electron chi connectivity index (χ3n) is 4.15. The smallest absolute Gasteiger partial charge is 0.230 e. The molecule has 2 rings (SSSR count). The number of sulfone groups is 1. The van der Waals surface area contributed by atoms with Gasteiger partial charge in [0.1, 0.15) is 0 Å². The second-order valence-electron chi connectivity index (χ2n) is 5.36. The molecular formula is C11H20N2O3S. The molecule has 17 heavy (non-hydrogen) atoms. The molecule has 1 amide bonds. The lowest BCUT2D eigenvalue weighted by atomic mass is 9.83. The van der Waals surface area contributed by atoms with E-state index in [2.05, 4.69) is 0 Å². The van der Waals surface area contributed by atoms with Gasteiger partial charge in [-0.2, -0.15) is 0 Å². The Bertz CT molecular complexity index is 406. The molecule has 0 bridgehead atoms. The van der Waals surface area contributed by atoms with Crippen molar-refractivity contribution in [2.24, 2.45) is 11.1 Å². The summed E-state index contributed by atoms with van der Waals surface area (Å²) in [5.74, 6) is 0.214. The number of hydrogen-bond donors (Lipinski definition) is 1. The van der Waals surface area contributed by atoms with E-state index in [1.807, 2.05) is 6.92 Å². The normalized spacial score (nSPS) is 37.1. The van der Waals surface area contributed by atoms with Gasteiger partial charge in [-0.05, 0) is 19.8 Å². The number of nitrogens with two attached hydrogens (primary N) is 1. The predicted octanol–water partition coefficient (Wildman–Crippen LogP) is -0.239. The average molecular weight is 260 g/mol. The van der Waals surface area contributed by atoms with Gasteiger partial charge < -0.3 is 10.6 Å². The highest BCUT2D eigenvalue weighted by Gasteiger charge is 2.45. The summed E-state index contributed by atoms with van der Waals surface area (Å²) in [5, 5.41) is 0. The van der Waals surface area contributed by atoms with Crippen LogP contribution in [0.15, 0.2) is 0 Å². The van der Waals surface area contributed by atoms with Gasteiger partial charge in [0.15, 0.2) is 9.84 Å². The summed E-state index contributed by atoms with van der Waals surface area (Å²) < 4.78 is 22.6. The lowest BCUT2D eigenvalue weighted by molar-refractivity contribution is -0.141. The predicted molar refractivity (Wildman–Crippen MR) is 65.2 cm³/mol. The van der Waals surface area contributed by atoms with Crippen LogP contribution in [0.4, 0.5) is 0 Å². The van der Waals surface area contributed by atoms with Gasteiger partial charge in [-0.15, -0.1) is 0 Å². The molecule has 2 N–H and O–H groups in total. The Kier molecular flexibility index (Phi) is 3.20. The van der Waals surface area contributed by atoms with Crippen LogP contribution in [-0.4, -0.2) is 49.9 Å². The van der Waals surface area contributed by atoms with Gasteiger partial charge >= 0.3 is 0 Å². The van der Waals surface area contributed by atoms with E-state index in [1.165, 1.54) is 0 Å². The van der Waals surface area contributed by atoms with Crippen LogP contribution in [0, 0.1) is 5.41 Å². The topological polar surface area (TPSA) is 80.5 Å². The van der Waals surface area contributed by atoms with E-state index >= 15 is 0 Å². The fourth-order valence-electron chi connectivity index (χ4n) is 2.74. The Morgan fingerprint density at radius 1 is 1.35 bits per heavy atom. The van der Waals surface area contributed by atoms with Crippen LogP contribution in [0.25, 0.3) is 0 Å². The van der Waals surface area contributed by atoms with Gasteiger partial charge in [-0.25, -0.2) is 8.42 Å². The van der Waals surface area contributed by atoms with E-state index in [0.29, 0.717) is 13.1 Å². The maximum Gasteiger partial charge on any atom is 0.230 e. The summed E-state index contributed by atoms with van der Waals surface area (Å²) in [6.45, 7) is 2.56. The molecule has 2 unspecified atom stereocenters. The van der Waals surface area contributed by atoms with Gasteiger partial charge in [-0.1, -0.05) is 6.42 Å². The zero-order chi connectivity index (χ0) is 12.7. The van der Waals surface area contributed by atoms with Crippen LogP contribution in [0.2, 0.25) is 0 Å². The van der Waals surface area contributed by atoms with Gasteiger partial charge in [0.25, 0.3) is 0 Å². The van der Waals surface area contributed by atoms with Crippen molar-refractivity contribution in [3.8, 4) is 0 Å². The molecule has 2 aliphatic rings. The zero-order valence-electron chi connectivity index (χ0n) is 10.2. The fraction of sp³-hybridized carbons (Fsp3) is 0.909. The number of rotatable bonds is 1. The van der Waals surface area contributed by atoms with Crippen LogP contribution in [0.5, 0.6) is 0 Å². The molecule has 1 saturated heterocycles. The maximum atomic E-state index is 12.4. The Balaban J connectivity index is 2.06. The quantitative estimate of drug-likeness (QED) is 0.705. The van der Waals surface area contributed by atoms with Crippen molar-refractivity contribution in [3.63, 3.8) is 0 Å². The minimum atomic E-state index is -2.93. The van der Waals surface area contributed by atoms with E-state index in [4.69, 9.17) is 5.73 Å². The Hall–Kier alpha value is -0.620. The first kappa shape index (κ1) is 12.8. The molecule has 98 valence electrons. The summed E-state index contributed by atoms with van der Waals surface area (Å²) in [6.07, 6.45) is 2.68. The zero-order valence-corrected chi connectivity index (χ0v) is 11.0. The largest absolute Gasteiger partial charge is 0.340 e. The molecule has 1 heterocycles. The summed E-state index contributed by atoms with van der Waals surface area (Å²) in [4.78, 5) is 14.1. The highest BCUT2D eigenvalue weighted by molar-refractivity contribution is 7.91. The van der Waals surface area contributed by atoms with E-state index in [9.17, 15) is 13.2 Å². The monoisotopic (exact) mass is 260 g/mol. The van der Waals surface area contributed by atoms with Crippen molar-refractivity contribution in [1.82, 2.24) is 4.90 Å². The highest BCUT2D eigenvalue weighted by Crippen LogP contribution is 2.38. The minimum Gasteiger partial charge on any atom is -0.340 e. The second-order valence-corrected chi connectivity index (χ2v) is 7.66. The summed E-state index contributed by atoms with van der Waals surface area (Å²) in [6, 6.07) is -0.0893. The van der Waals surface area contributed by atoms with E-state index in [1.54, 1.807) is 4.90 Å². The molecule has 5 nitrogen and oxygen atoms in total. The maximum absolute atomic E-state index is 12.4. The number of carbonyl (C=O) groups is 1. The highest BCUT2D eigenvalue weighted by atomic mass is 32.2. The average Bonchev–Trinajstić information content (AvgIpc) is 2.60. The van der Waals surface area contributed by atoms with Crippen LogP contribution in [0.3, 0.4) is 0 Å². The molecule has 1 aliphatic heterocycles. The molecular weight excluding hydrogens is 240 g/mol. The van der Waals surface area contributed by atoms with Gasteiger partial charge in [0, 0.05) is 19.1 Å². The standard InChI is InChI=1S/C11H20N2O3S/c1-11(4-2-3-9(11)12)10(14)13-5-7-17(15,16)8-6-13/h9H,2-8,12H2,1H3. The summed E-state index contributed by atoms with van der Waals surface area (Å²) in [5.41, 5.74) is 5.52. The molecule has 0 aromatic carbocycles. The minimum absolute atomic E-state index is 0.0393. The number of hydrogen-bond acceptors (Lipinski definition) is 4. The van der Waals surface area contributed by atoms with Gasteiger partial charge in [0.2, 0.25) is 5.91 Å². The molecule has 2 atom stereocenters. The Morgan fingerprint density at radius 3 is 2.41 bits per heavy atom. The molecule has 0 spiro atoms. The van der Waals surface area contributed by atoms with Crippen molar-refractivity contribution in [2.45, 2.75) is 32.2 Å². The van der Waals surface area contributed by atoms with Crippen LogP contribution in [-0.2, 0) is 14.6 Å². The molecule has 0 radical (unpaired) electrons. The number of carbonyl (C=O) groups excluding carboxylic acids is 1. The molecule has 0 aromatic rings. The molecule has 1 saturated carbocycles. The van der Waals surface area contributed by atoms with Gasteiger partial charge in [-0.3, -0.25) is 4.79 Å². The summed E-state index contributed by atoms with van der Waals surface area (Å²) in [7, 11) is -2.93. The van der Waals surface area contributed by atoms with Crippen molar-refractivity contribution < 1.29 is 13.2 Å². The number of nitrogens with zero attached hydrogens (tertiary/aromatic N) is 1. The Labute approximate surface area is 102 Å². The van der Waals surface area contributed by atoms with Crippen molar-refractivity contribution in [2.75, 3.05) is 24.6 Å². The molecule has 2 fully saturated rings. The van der Waals surface area contributed by atoms with Crippen molar-refractivity contribution >= 4 is 15.7 Å². The fourth-order valence-corrected chi connectivity index (χ4v) is 3.94. The lowest BCUT2D eigenvalue weighted by Crippen LogP contribution is -2.53. The third-order valence-corrected chi connectivity index (χ3v) is 5.76. The Morgan fingerprint density at radius 2 is 1.94 bits per heavy atom. The van der Waals surface area contributed by atoms with E-state index in [-0.39, 0.29) is 23.5 Å². The molecule has 6 heteroatoms. The first-order valence-electron chi connectivity index (χ1n) is 6.10. The summed E-state index contributed by atoms with van der Waals surface area (Å²) >= 11 is 0. The first-order chi connectivity index (χ1) is 7.85. The third kappa shape index (κ3) is 2.33. The van der Waals surface area contributed by atoms with Crippen molar-refractivity contribution in [3.05, 3.63) is 0 Å². The van der Waals surface area contributed by atoms with Gasteiger partial charge in [0.05, 0.1) is 16.9 Å². The van der Waals surface area contributed by atoms with E-state index < -0.39 is 15.3 Å². The van der Waals surface area contributed by atoms with Crippen molar-refractivity contribution in [1.29, 1.82) is 0 Å². The van der Waals surface area contributed by atoms with Crippen LogP contribution < -0.4 is 5.73 Å². The van der Waals surface area contributed by atoms with E-state index in [0.717, 1.165) is 19.3 Å². The molecule has 0 aromatic heterocycles. The van der Waals surface area contributed by atoms with Crippen LogP contribution >= 0.6 is 0 Å². The number of amides is 1. The SMILES string of the molecule is CC1(C(=O)N2CCS(=O)(=O)CC2)CCCC1N. The first-order valence-corrected chi connectivity index (χ1v) is 7.93. The lowest BCUT2D eigenvalue weighted by Gasteiger charge is -2.36. The van der Waals surface area contributed by atoms with Crippen LogP contribution in [0.1, 0.15) is 26.2 Å².